The molecule has 0 radical (unpaired) electrons. The first kappa shape index (κ1) is 11.4. The number of nitrogens with zero attached hydrogens (tertiary/aromatic N) is 4. The molecule has 0 spiro atoms. The van der Waals surface area contributed by atoms with Gasteiger partial charge in [0.1, 0.15) is 6.33 Å². The molecule has 0 fully saturated rings. The fraction of sp³-hybridized carbons (Fsp3) is 0.0714. The summed E-state index contributed by atoms with van der Waals surface area (Å²) in [7, 11) is 0. The molecule has 3 rings (SSSR count). The number of benzene rings is 1. The van der Waals surface area contributed by atoms with Crippen molar-refractivity contribution >= 4 is 5.69 Å². The zero-order valence-electron chi connectivity index (χ0n) is 10.3. The third kappa shape index (κ3) is 2.60. The van der Waals surface area contributed by atoms with Crippen LogP contribution in [0.25, 0.3) is 5.69 Å². The summed E-state index contributed by atoms with van der Waals surface area (Å²) < 4.78 is 1.84. The van der Waals surface area contributed by atoms with E-state index < -0.39 is 0 Å². The van der Waals surface area contributed by atoms with Gasteiger partial charge in [-0.15, -0.1) is 0 Å². The molecule has 5 nitrogen and oxygen atoms in total. The van der Waals surface area contributed by atoms with Crippen molar-refractivity contribution in [3.63, 3.8) is 0 Å². The van der Waals surface area contributed by atoms with Gasteiger partial charge in [-0.1, -0.05) is 12.1 Å². The number of hydrogen-bond donors (Lipinski definition) is 1. The van der Waals surface area contributed by atoms with Gasteiger partial charge in [0.15, 0.2) is 0 Å². The van der Waals surface area contributed by atoms with Crippen LogP contribution in [-0.2, 0) is 6.54 Å². The molecule has 1 aromatic carbocycles. The van der Waals surface area contributed by atoms with E-state index in [-0.39, 0.29) is 0 Å². The largest absolute Gasteiger partial charge is 0.378 e. The highest BCUT2D eigenvalue weighted by molar-refractivity contribution is 5.60. The van der Waals surface area contributed by atoms with Crippen LogP contribution in [0.15, 0.2) is 61.3 Å². The third-order valence-corrected chi connectivity index (χ3v) is 2.76. The van der Waals surface area contributed by atoms with Crippen LogP contribution in [0.5, 0.6) is 0 Å². The number of aromatic nitrogens is 4. The number of para-hydroxylation sites is 2. The minimum atomic E-state index is 0.654. The summed E-state index contributed by atoms with van der Waals surface area (Å²) in [5.74, 6) is 0. The van der Waals surface area contributed by atoms with Crippen molar-refractivity contribution in [2.75, 3.05) is 5.32 Å². The van der Waals surface area contributed by atoms with Crippen molar-refractivity contribution < 1.29 is 0 Å². The molecule has 0 unspecified atom stereocenters. The monoisotopic (exact) mass is 251 g/mol. The Morgan fingerprint density at radius 1 is 1.05 bits per heavy atom. The molecular formula is C14H13N5. The van der Waals surface area contributed by atoms with Crippen molar-refractivity contribution in [2.24, 2.45) is 0 Å². The lowest BCUT2D eigenvalue weighted by Crippen LogP contribution is -2.05. The predicted molar refractivity (Wildman–Crippen MR) is 72.9 cm³/mol. The third-order valence-electron chi connectivity index (χ3n) is 2.76. The predicted octanol–water partition coefficient (Wildman–Crippen LogP) is 2.27. The van der Waals surface area contributed by atoms with Crippen LogP contribution in [0.2, 0.25) is 0 Å². The Hall–Kier alpha value is -2.69. The van der Waals surface area contributed by atoms with Crippen LogP contribution in [0.1, 0.15) is 5.69 Å². The van der Waals surface area contributed by atoms with E-state index in [0.29, 0.717) is 6.54 Å². The molecule has 19 heavy (non-hydrogen) atoms. The first-order valence-corrected chi connectivity index (χ1v) is 6.01. The molecule has 0 saturated heterocycles. The zero-order chi connectivity index (χ0) is 12.9. The molecule has 0 bridgehead atoms. The highest BCUT2D eigenvalue weighted by atomic mass is 15.3. The van der Waals surface area contributed by atoms with Gasteiger partial charge in [0.2, 0.25) is 0 Å². The maximum absolute atomic E-state index is 4.25. The van der Waals surface area contributed by atoms with Crippen LogP contribution < -0.4 is 5.32 Å². The quantitative estimate of drug-likeness (QED) is 0.773. The van der Waals surface area contributed by atoms with Gasteiger partial charge in [-0.3, -0.25) is 0 Å². The van der Waals surface area contributed by atoms with Crippen molar-refractivity contribution in [1.29, 1.82) is 0 Å². The van der Waals surface area contributed by atoms with Crippen molar-refractivity contribution in [2.45, 2.75) is 6.54 Å². The van der Waals surface area contributed by atoms with Crippen molar-refractivity contribution in [3.05, 3.63) is 67.0 Å². The van der Waals surface area contributed by atoms with E-state index >= 15 is 0 Å². The second kappa shape index (κ2) is 5.30. The van der Waals surface area contributed by atoms with Crippen LogP contribution >= 0.6 is 0 Å². The van der Waals surface area contributed by atoms with Crippen molar-refractivity contribution in [1.82, 2.24) is 19.7 Å². The van der Waals surface area contributed by atoms with Gasteiger partial charge in [0.25, 0.3) is 0 Å². The maximum Gasteiger partial charge on any atom is 0.115 e. The molecule has 0 saturated carbocycles. The molecule has 0 atom stereocenters. The number of nitrogens with one attached hydrogen (secondary N) is 1. The topological polar surface area (TPSA) is 55.6 Å². The van der Waals surface area contributed by atoms with Crippen molar-refractivity contribution in [3.8, 4) is 5.69 Å². The normalized spacial score (nSPS) is 10.3. The smallest absolute Gasteiger partial charge is 0.115 e. The van der Waals surface area contributed by atoms with E-state index in [1.54, 1.807) is 18.7 Å². The summed E-state index contributed by atoms with van der Waals surface area (Å²) in [6.07, 6.45) is 6.98. The standard InChI is InChI=1S/C14H13N5/c1-2-5-14(19-9-3-7-18-19)13(4-1)16-10-12-6-8-15-11-17-12/h1-9,11,16H,10H2. The molecule has 0 aliphatic heterocycles. The molecule has 0 aliphatic rings. The Morgan fingerprint density at radius 2 is 2.00 bits per heavy atom. The molecule has 2 aromatic heterocycles. The van der Waals surface area contributed by atoms with E-state index in [1.165, 1.54) is 0 Å². The lowest BCUT2D eigenvalue weighted by molar-refractivity contribution is 0.878. The molecule has 0 aliphatic carbocycles. The highest BCUT2D eigenvalue weighted by Crippen LogP contribution is 2.19. The molecular weight excluding hydrogens is 238 g/mol. The number of anilines is 1. The van der Waals surface area contributed by atoms with E-state index in [1.807, 2.05) is 47.3 Å². The van der Waals surface area contributed by atoms with Gasteiger partial charge in [-0.05, 0) is 24.3 Å². The number of rotatable bonds is 4. The summed E-state index contributed by atoms with van der Waals surface area (Å²) in [4.78, 5) is 8.10. The Kier molecular flexibility index (Phi) is 3.18. The Labute approximate surface area is 111 Å². The van der Waals surface area contributed by atoms with E-state index in [0.717, 1.165) is 17.1 Å². The summed E-state index contributed by atoms with van der Waals surface area (Å²) >= 11 is 0. The second-order valence-corrected chi connectivity index (χ2v) is 4.02. The Morgan fingerprint density at radius 3 is 2.79 bits per heavy atom. The molecule has 0 amide bonds. The fourth-order valence-electron chi connectivity index (χ4n) is 1.84. The molecule has 1 N–H and O–H groups in total. The molecule has 94 valence electrons. The zero-order valence-corrected chi connectivity index (χ0v) is 10.3. The lowest BCUT2D eigenvalue weighted by atomic mass is 10.2. The summed E-state index contributed by atoms with van der Waals surface area (Å²) in [5, 5.41) is 7.62. The van der Waals surface area contributed by atoms with Gasteiger partial charge in [0, 0.05) is 18.6 Å². The average Bonchev–Trinajstić information content (AvgIpc) is 3.01. The van der Waals surface area contributed by atoms with Gasteiger partial charge < -0.3 is 5.32 Å². The summed E-state index contributed by atoms with van der Waals surface area (Å²) in [5.41, 5.74) is 2.98. The minimum Gasteiger partial charge on any atom is -0.378 e. The Bertz CT molecular complexity index is 634. The second-order valence-electron chi connectivity index (χ2n) is 4.02. The summed E-state index contributed by atoms with van der Waals surface area (Å²) in [6.45, 7) is 0.654. The van der Waals surface area contributed by atoms with Crippen LogP contribution in [-0.4, -0.2) is 19.7 Å². The fourth-order valence-corrected chi connectivity index (χ4v) is 1.84. The van der Waals surface area contributed by atoms with E-state index in [9.17, 15) is 0 Å². The number of hydrogen-bond acceptors (Lipinski definition) is 4. The maximum atomic E-state index is 4.25. The highest BCUT2D eigenvalue weighted by Gasteiger charge is 2.03. The molecule has 3 aromatic rings. The van der Waals surface area contributed by atoms with E-state index in [4.69, 9.17) is 0 Å². The minimum absolute atomic E-state index is 0.654. The lowest BCUT2D eigenvalue weighted by Gasteiger charge is -2.11. The first-order valence-electron chi connectivity index (χ1n) is 6.01. The van der Waals surface area contributed by atoms with Gasteiger partial charge in [-0.2, -0.15) is 5.10 Å². The summed E-state index contributed by atoms with van der Waals surface area (Å²) in [6, 6.07) is 11.8. The van der Waals surface area contributed by atoms with E-state index in [2.05, 4.69) is 20.4 Å². The van der Waals surface area contributed by atoms with Gasteiger partial charge in [-0.25, -0.2) is 14.6 Å². The van der Waals surface area contributed by atoms with Gasteiger partial charge >= 0.3 is 0 Å². The average molecular weight is 251 g/mol. The SMILES string of the molecule is c1ccc(-n2cccn2)c(NCc2ccncn2)c1. The van der Waals surface area contributed by atoms with Crippen LogP contribution in [0.3, 0.4) is 0 Å². The Balaban J connectivity index is 1.82. The van der Waals surface area contributed by atoms with Crippen LogP contribution in [0.4, 0.5) is 5.69 Å². The molecule has 2 heterocycles. The van der Waals surface area contributed by atoms with Crippen LogP contribution in [0, 0.1) is 0 Å². The van der Waals surface area contributed by atoms with Gasteiger partial charge in [0.05, 0.1) is 23.6 Å². The molecule has 5 heteroatoms. The first-order chi connectivity index (χ1) is 9.43.